The fourth-order valence-electron chi connectivity index (χ4n) is 2.74. The fourth-order valence-corrected chi connectivity index (χ4v) is 3.04. The highest BCUT2D eigenvalue weighted by atomic mass is 35.5. The molecular weight excluding hydrogens is 423 g/mol. The molecule has 0 saturated carbocycles. The molecule has 3 rings (SSSR count). The van der Waals surface area contributed by atoms with Gasteiger partial charge in [-0.05, 0) is 53.6 Å². The summed E-state index contributed by atoms with van der Waals surface area (Å²) < 4.78 is 16.5. The van der Waals surface area contributed by atoms with Crippen LogP contribution in [0.4, 0.5) is 0 Å². The lowest BCUT2D eigenvalue weighted by Crippen LogP contribution is -2.06. The molecule has 3 aromatic carbocycles. The maximum absolute atomic E-state index is 6.14. The molecule has 0 unspecified atom stereocenters. The molecule has 0 amide bonds. The highest BCUT2D eigenvalue weighted by molar-refractivity contribution is 6.31. The zero-order valence-corrected chi connectivity index (χ0v) is 18.2. The van der Waals surface area contributed by atoms with Crippen molar-refractivity contribution in [1.29, 1.82) is 0 Å². The van der Waals surface area contributed by atoms with Gasteiger partial charge in [-0.2, -0.15) is 5.10 Å². The number of rotatable bonds is 9. The lowest BCUT2D eigenvalue weighted by molar-refractivity contribution is 0.306. The highest BCUT2D eigenvalue weighted by Gasteiger charge is 2.05. The number of benzene rings is 3. The molecule has 1 N–H and O–H groups in total. The second kappa shape index (κ2) is 10.8. The first kappa shape index (κ1) is 21.8. The third kappa shape index (κ3) is 6.05. The Balaban J connectivity index is 1.63. The van der Waals surface area contributed by atoms with Gasteiger partial charge in [0.05, 0.1) is 27.0 Å². The third-order valence-corrected chi connectivity index (χ3v) is 4.79. The summed E-state index contributed by atoms with van der Waals surface area (Å²) in [6.45, 7) is 0.942. The molecule has 3 aromatic rings. The average molecular weight is 445 g/mol. The van der Waals surface area contributed by atoms with Gasteiger partial charge in [-0.1, -0.05) is 41.4 Å². The summed E-state index contributed by atoms with van der Waals surface area (Å²) in [7, 11) is 3.22. The van der Waals surface area contributed by atoms with Crippen molar-refractivity contribution in [2.75, 3.05) is 14.2 Å². The van der Waals surface area contributed by atoms with Crippen LogP contribution in [0.2, 0.25) is 10.0 Å². The van der Waals surface area contributed by atoms with E-state index in [-0.39, 0.29) is 0 Å². The van der Waals surface area contributed by atoms with E-state index < -0.39 is 0 Å². The van der Waals surface area contributed by atoms with Gasteiger partial charge in [0.25, 0.3) is 0 Å². The van der Waals surface area contributed by atoms with Gasteiger partial charge in [-0.25, -0.2) is 0 Å². The van der Waals surface area contributed by atoms with E-state index in [1.54, 1.807) is 32.6 Å². The van der Waals surface area contributed by atoms with Gasteiger partial charge in [0.15, 0.2) is 11.5 Å². The van der Waals surface area contributed by atoms with Crippen LogP contribution in [0.3, 0.4) is 0 Å². The van der Waals surface area contributed by atoms with Gasteiger partial charge in [0.1, 0.15) is 12.4 Å². The molecule has 0 aromatic heterocycles. The van der Waals surface area contributed by atoms with E-state index in [1.807, 2.05) is 48.5 Å². The number of nitrogens with one attached hydrogen (secondary N) is 1. The Morgan fingerprint density at radius 1 is 0.800 bits per heavy atom. The van der Waals surface area contributed by atoms with Crippen LogP contribution in [0.1, 0.15) is 16.7 Å². The fraction of sp³-hybridized carbons (Fsp3) is 0.174. The average Bonchev–Trinajstić information content (AvgIpc) is 2.77. The molecule has 0 aliphatic rings. The second-order valence-corrected chi connectivity index (χ2v) is 7.25. The number of methoxy groups -OCH3 is 2. The van der Waals surface area contributed by atoms with Crippen molar-refractivity contribution in [1.82, 2.24) is 5.43 Å². The summed E-state index contributed by atoms with van der Waals surface area (Å²) in [6.07, 6.45) is 1.68. The van der Waals surface area contributed by atoms with Crippen LogP contribution in [0.25, 0.3) is 0 Å². The van der Waals surface area contributed by atoms with Crippen LogP contribution < -0.4 is 19.6 Å². The molecule has 0 bridgehead atoms. The van der Waals surface area contributed by atoms with E-state index in [4.69, 9.17) is 37.4 Å². The zero-order chi connectivity index (χ0) is 21.3. The SMILES string of the molecule is COc1ccc(CN/N=C/c2cc(Cl)ccc2OCc2ccc(Cl)cc2)cc1OC. The second-order valence-electron chi connectivity index (χ2n) is 6.38. The van der Waals surface area contributed by atoms with Crippen molar-refractivity contribution in [2.24, 2.45) is 5.10 Å². The highest BCUT2D eigenvalue weighted by Crippen LogP contribution is 2.27. The van der Waals surface area contributed by atoms with Crippen LogP contribution >= 0.6 is 23.2 Å². The first-order valence-electron chi connectivity index (χ1n) is 9.22. The monoisotopic (exact) mass is 444 g/mol. The topological polar surface area (TPSA) is 52.1 Å². The minimum atomic E-state index is 0.415. The molecule has 0 radical (unpaired) electrons. The quantitative estimate of drug-likeness (QED) is 0.339. The Morgan fingerprint density at radius 3 is 2.20 bits per heavy atom. The van der Waals surface area contributed by atoms with Crippen molar-refractivity contribution >= 4 is 29.4 Å². The molecule has 30 heavy (non-hydrogen) atoms. The minimum absolute atomic E-state index is 0.415. The Morgan fingerprint density at radius 2 is 1.47 bits per heavy atom. The maximum Gasteiger partial charge on any atom is 0.161 e. The molecular formula is C23H22Cl2N2O3. The molecule has 7 heteroatoms. The Kier molecular flexibility index (Phi) is 7.82. The Bertz CT molecular complexity index is 1010. The zero-order valence-electron chi connectivity index (χ0n) is 16.7. The summed E-state index contributed by atoms with van der Waals surface area (Å²) in [5.41, 5.74) is 5.83. The first-order valence-corrected chi connectivity index (χ1v) is 9.98. The van der Waals surface area contributed by atoms with Crippen molar-refractivity contribution < 1.29 is 14.2 Å². The largest absolute Gasteiger partial charge is 0.493 e. The normalized spacial score (nSPS) is 10.8. The molecule has 0 spiro atoms. The van der Waals surface area contributed by atoms with E-state index in [0.29, 0.717) is 40.4 Å². The van der Waals surface area contributed by atoms with Gasteiger partial charge in [0.2, 0.25) is 0 Å². The summed E-state index contributed by atoms with van der Waals surface area (Å²) in [5.74, 6) is 2.05. The summed E-state index contributed by atoms with van der Waals surface area (Å²) in [4.78, 5) is 0. The van der Waals surface area contributed by atoms with Crippen LogP contribution in [-0.4, -0.2) is 20.4 Å². The van der Waals surface area contributed by atoms with Crippen molar-refractivity contribution in [2.45, 2.75) is 13.2 Å². The Hall–Kier alpha value is -2.89. The number of hydrazone groups is 1. The Labute approximate surface area is 186 Å². The van der Waals surface area contributed by atoms with Crippen LogP contribution in [0.15, 0.2) is 65.8 Å². The molecule has 0 atom stereocenters. The predicted octanol–water partition coefficient (Wildman–Crippen LogP) is 5.71. The lowest BCUT2D eigenvalue weighted by atomic mass is 10.2. The smallest absolute Gasteiger partial charge is 0.161 e. The van der Waals surface area contributed by atoms with Crippen molar-refractivity contribution in [3.63, 3.8) is 0 Å². The van der Waals surface area contributed by atoms with E-state index in [9.17, 15) is 0 Å². The summed E-state index contributed by atoms with van der Waals surface area (Å²) >= 11 is 12.1. The number of hydrogen-bond donors (Lipinski definition) is 1. The number of hydrogen-bond acceptors (Lipinski definition) is 5. The van der Waals surface area contributed by atoms with E-state index in [1.165, 1.54) is 0 Å². The van der Waals surface area contributed by atoms with Gasteiger partial charge >= 0.3 is 0 Å². The lowest BCUT2D eigenvalue weighted by Gasteiger charge is -2.10. The molecule has 0 heterocycles. The minimum Gasteiger partial charge on any atom is -0.493 e. The molecule has 0 aliphatic heterocycles. The molecule has 0 saturated heterocycles. The number of halogens is 2. The van der Waals surface area contributed by atoms with E-state index >= 15 is 0 Å². The van der Waals surface area contributed by atoms with E-state index in [2.05, 4.69) is 10.5 Å². The number of nitrogens with zero attached hydrogens (tertiary/aromatic N) is 1. The van der Waals surface area contributed by atoms with Crippen LogP contribution in [0, 0.1) is 0 Å². The molecule has 0 aliphatic carbocycles. The molecule has 156 valence electrons. The number of ether oxygens (including phenoxy) is 3. The van der Waals surface area contributed by atoms with Crippen LogP contribution in [-0.2, 0) is 13.2 Å². The van der Waals surface area contributed by atoms with E-state index in [0.717, 1.165) is 16.7 Å². The van der Waals surface area contributed by atoms with Crippen LogP contribution in [0.5, 0.6) is 17.2 Å². The maximum atomic E-state index is 6.14. The van der Waals surface area contributed by atoms with Crippen molar-refractivity contribution in [3.05, 3.63) is 87.4 Å². The molecule has 5 nitrogen and oxygen atoms in total. The molecule has 0 fully saturated rings. The van der Waals surface area contributed by atoms with Gasteiger partial charge in [-0.15, -0.1) is 0 Å². The first-order chi connectivity index (χ1) is 14.6. The van der Waals surface area contributed by atoms with Crippen molar-refractivity contribution in [3.8, 4) is 17.2 Å². The summed E-state index contributed by atoms with van der Waals surface area (Å²) in [6, 6.07) is 18.7. The predicted molar refractivity (Wildman–Crippen MR) is 121 cm³/mol. The van der Waals surface area contributed by atoms with Gasteiger partial charge in [-0.3, -0.25) is 0 Å². The van der Waals surface area contributed by atoms with Gasteiger partial charge in [0, 0.05) is 15.6 Å². The third-order valence-electron chi connectivity index (χ3n) is 4.31. The standard InChI is InChI=1S/C23H22Cl2N2O3/c1-28-22-9-5-17(11-23(22)29-2)13-26-27-14-18-12-20(25)8-10-21(18)30-15-16-3-6-19(24)7-4-16/h3-12,14,26H,13,15H2,1-2H3/b27-14+. The summed E-state index contributed by atoms with van der Waals surface area (Å²) in [5, 5.41) is 5.60. The van der Waals surface area contributed by atoms with Gasteiger partial charge < -0.3 is 19.6 Å².